The summed E-state index contributed by atoms with van der Waals surface area (Å²) in [6.07, 6.45) is -4.55. The predicted octanol–water partition coefficient (Wildman–Crippen LogP) is 3.43. The van der Waals surface area contributed by atoms with Crippen molar-refractivity contribution in [2.24, 2.45) is 0 Å². The number of alkyl halides is 3. The largest absolute Gasteiger partial charge is 0.416 e. The summed E-state index contributed by atoms with van der Waals surface area (Å²) in [6, 6.07) is 9.73. The molecule has 0 aliphatic carbocycles. The minimum Gasteiger partial charge on any atom is -0.267 e. The normalized spacial score (nSPS) is 11.0. The minimum atomic E-state index is -4.55. The Morgan fingerprint density at radius 1 is 0.870 bits per heavy atom. The first-order valence-corrected chi connectivity index (χ1v) is 6.68. The Morgan fingerprint density at radius 2 is 1.43 bits per heavy atom. The second-order valence-electron chi connectivity index (χ2n) is 4.49. The standard InChI is InChI=1S/C15H10ClF3N2O2/c16-12-6-4-9(5-7-12)13(22)20-21-14(23)10-2-1-3-11(8-10)15(17,18)19/h1-8H,(H,20,22)(H,21,23). The third kappa shape index (κ3) is 4.46. The van der Waals surface area contributed by atoms with Gasteiger partial charge in [0.25, 0.3) is 11.8 Å². The number of hydrazine groups is 1. The van der Waals surface area contributed by atoms with Gasteiger partial charge in [-0.25, -0.2) is 0 Å². The van der Waals surface area contributed by atoms with Crippen LogP contribution in [0.15, 0.2) is 48.5 Å². The molecule has 0 spiro atoms. The Morgan fingerprint density at radius 3 is 2.00 bits per heavy atom. The van der Waals surface area contributed by atoms with E-state index in [9.17, 15) is 22.8 Å². The summed E-state index contributed by atoms with van der Waals surface area (Å²) in [7, 11) is 0. The molecule has 2 rings (SSSR count). The van der Waals surface area contributed by atoms with Crippen LogP contribution in [0.3, 0.4) is 0 Å². The smallest absolute Gasteiger partial charge is 0.267 e. The van der Waals surface area contributed by atoms with Gasteiger partial charge in [0.2, 0.25) is 0 Å². The Hall–Kier alpha value is -2.54. The molecule has 120 valence electrons. The molecule has 4 nitrogen and oxygen atoms in total. The molecule has 0 unspecified atom stereocenters. The average Bonchev–Trinajstić information content (AvgIpc) is 2.52. The van der Waals surface area contributed by atoms with E-state index in [1.54, 1.807) is 0 Å². The number of halogens is 4. The van der Waals surface area contributed by atoms with Crippen LogP contribution in [0.1, 0.15) is 26.3 Å². The van der Waals surface area contributed by atoms with Gasteiger partial charge in [0, 0.05) is 16.1 Å². The third-order valence-electron chi connectivity index (χ3n) is 2.85. The lowest BCUT2D eigenvalue weighted by Crippen LogP contribution is -2.41. The van der Waals surface area contributed by atoms with Crippen LogP contribution < -0.4 is 10.9 Å². The number of carbonyl (C=O) groups excluding carboxylic acids is 2. The summed E-state index contributed by atoms with van der Waals surface area (Å²) in [5.74, 6) is -1.49. The SMILES string of the molecule is O=C(NNC(=O)c1cccc(C(F)(F)F)c1)c1ccc(Cl)cc1. The van der Waals surface area contributed by atoms with E-state index >= 15 is 0 Å². The van der Waals surface area contributed by atoms with Crippen molar-refractivity contribution in [3.63, 3.8) is 0 Å². The maximum absolute atomic E-state index is 12.6. The number of amides is 2. The highest BCUT2D eigenvalue weighted by molar-refractivity contribution is 6.30. The fourth-order valence-electron chi connectivity index (χ4n) is 1.70. The van der Waals surface area contributed by atoms with Gasteiger partial charge in [0.1, 0.15) is 0 Å². The van der Waals surface area contributed by atoms with Gasteiger partial charge in [-0.15, -0.1) is 0 Å². The molecule has 2 aromatic rings. The van der Waals surface area contributed by atoms with Crippen LogP contribution in [-0.2, 0) is 6.18 Å². The van der Waals surface area contributed by atoms with Crippen molar-refractivity contribution < 1.29 is 22.8 Å². The van der Waals surface area contributed by atoms with E-state index in [0.717, 1.165) is 12.1 Å². The molecule has 0 heterocycles. The molecule has 23 heavy (non-hydrogen) atoms. The highest BCUT2D eigenvalue weighted by atomic mass is 35.5. The molecular formula is C15H10ClF3N2O2. The zero-order chi connectivity index (χ0) is 17.0. The van der Waals surface area contributed by atoms with E-state index in [4.69, 9.17) is 11.6 Å². The third-order valence-corrected chi connectivity index (χ3v) is 3.10. The quantitative estimate of drug-likeness (QED) is 0.821. The lowest BCUT2D eigenvalue weighted by Gasteiger charge is -2.10. The van der Waals surface area contributed by atoms with Gasteiger partial charge >= 0.3 is 6.18 Å². The summed E-state index contributed by atoms with van der Waals surface area (Å²) in [5, 5.41) is 0.439. The van der Waals surface area contributed by atoms with Crippen molar-refractivity contribution in [3.8, 4) is 0 Å². The van der Waals surface area contributed by atoms with Crippen LogP contribution in [0.5, 0.6) is 0 Å². The molecule has 0 aromatic heterocycles. The number of rotatable bonds is 2. The maximum atomic E-state index is 12.6. The second kappa shape index (κ2) is 6.70. The Balaban J connectivity index is 2.02. The molecule has 0 saturated carbocycles. The molecule has 8 heteroatoms. The van der Waals surface area contributed by atoms with Gasteiger partial charge in [-0.2, -0.15) is 13.2 Å². The Bertz CT molecular complexity index is 730. The van der Waals surface area contributed by atoms with Crippen LogP contribution in [0.4, 0.5) is 13.2 Å². The lowest BCUT2D eigenvalue weighted by molar-refractivity contribution is -0.137. The van der Waals surface area contributed by atoms with Crippen molar-refractivity contribution in [1.29, 1.82) is 0 Å². The highest BCUT2D eigenvalue weighted by Crippen LogP contribution is 2.29. The molecule has 0 fully saturated rings. The zero-order valence-electron chi connectivity index (χ0n) is 11.4. The first-order chi connectivity index (χ1) is 10.8. The van der Waals surface area contributed by atoms with Crippen LogP contribution in [0, 0.1) is 0 Å². The van der Waals surface area contributed by atoms with Crippen LogP contribution in [0.25, 0.3) is 0 Å². The zero-order valence-corrected chi connectivity index (χ0v) is 12.2. The van der Waals surface area contributed by atoms with Crippen molar-refractivity contribution in [1.82, 2.24) is 10.9 Å². The second-order valence-corrected chi connectivity index (χ2v) is 4.93. The number of nitrogens with one attached hydrogen (secondary N) is 2. The van der Waals surface area contributed by atoms with E-state index in [1.165, 1.54) is 30.3 Å². The van der Waals surface area contributed by atoms with Crippen LogP contribution in [-0.4, -0.2) is 11.8 Å². The molecule has 2 aromatic carbocycles. The maximum Gasteiger partial charge on any atom is 0.416 e. The fourth-order valence-corrected chi connectivity index (χ4v) is 1.82. The number of carbonyl (C=O) groups is 2. The Labute approximate surface area is 134 Å². The van der Waals surface area contributed by atoms with E-state index < -0.39 is 23.6 Å². The minimum absolute atomic E-state index is 0.226. The summed E-state index contributed by atoms with van der Waals surface area (Å²) >= 11 is 5.68. The first kappa shape index (κ1) is 16.8. The number of benzene rings is 2. The number of hydrogen-bond acceptors (Lipinski definition) is 2. The molecule has 0 atom stereocenters. The van der Waals surface area contributed by atoms with Gasteiger partial charge < -0.3 is 0 Å². The molecule has 2 amide bonds. The van der Waals surface area contributed by atoms with Crippen molar-refractivity contribution in [2.45, 2.75) is 6.18 Å². The molecule has 2 N–H and O–H groups in total. The van der Waals surface area contributed by atoms with Crippen molar-refractivity contribution in [2.75, 3.05) is 0 Å². The summed E-state index contributed by atoms with van der Waals surface area (Å²) in [5.41, 5.74) is 3.22. The molecule has 0 bridgehead atoms. The number of hydrogen-bond donors (Lipinski definition) is 2. The van der Waals surface area contributed by atoms with Crippen molar-refractivity contribution in [3.05, 3.63) is 70.2 Å². The molecule has 0 aliphatic heterocycles. The molecular weight excluding hydrogens is 333 g/mol. The fraction of sp³-hybridized carbons (Fsp3) is 0.0667. The van der Waals surface area contributed by atoms with Gasteiger partial charge in [-0.3, -0.25) is 20.4 Å². The van der Waals surface area contributed by atoms with Gasteiger partial charge in [0.15, 0.2) is 0 Å². The summed E-state index contributed by atoms with van der Waals surface area (Å²) < 4.78 is 37.8. The monoisotopic (exact) mass is 342 g/mol. The van der Waals surface area contributed by atoms with Crippen molar-refractivity contribution >= 4 is 23.4 Å². The van der Waals surface area contributed by atoms with E-state index in [2.05, 4.69) is 10.9 Å². The topological polar surface area (TPSA) is 58.2 Å². The van der Waals surface area contributed by atoms with E-state index in [1.807, 2.05) is 0 Å². The molecule has 0 radical (unpaired) electrons. The Kier molecular flexibility index (Phi) is 4.90. The summed E-state index contributed by atoms with van der Waals surface area (Å²) in [4.78, 5) is 23.6. The molecule has 0 aliphatic rings. The predicted molar refractivity (Wildman–Crippen MR) is 77.8 cm³/mol. The lowest BCUT2D eigenvalue weighted by atomic mass is 10.1. The van der Waals surface area contributed by atoms with Gasteiger partial charge in [-0.1, -0.05) is 17.7 Å². The van der Waals surface area contributed by atoms with Gasteiger partial charge in [-0.05, 0) is 42.5 Å². The van der Waals surface area contributed by atoms with E-state index in [0.29, 0.717) is 11.1 Å². The first-order valence-electron chi connectivity index (χ1n) is 6.31. The van der Waals surface area contributed by atoms with Crippen LogP contribution >= 0.6 is 11.6 Å². The van der Waals surface area contributed by atoms with Crippen LogP contribution in [0.2, 0.25) is 5.02 Å². The van der Waals surface area contributed by atoms with Gasteiger partial charge in [0.05, 0.1) is 5.56 Å². The molecule has 0 saturated heterocycles. The van der Waals surface area contributed by atoms with E-state index in [-0.39, 0.29) is 11.1 Å². The highest BCUT2D eigenvalue weighted by Gasteiger charge is 2.30. The summed E-state index contributed by atoms with van der Waals surface area (Å²) in [6.45, 7) is 0. The average molecular weight is 343 g/mol.